The number of ether oxygens (including phenoxy) is 1. The molecule has 1 aliphatic rings. The molecule has 2 aromatic carbocycles. The maximum Gasteiger partial charge on any atom is 0.407 e. The van der Waals surface area contributed by atoms with Crippen molar-refractivity contribution in [2.45, 2.75) is 52.2 Å². The number of carbonyl (C=O) groups excluding carboxylic acids is 2. The van der Waals surface area contributed by atoms with Crippen LogP contribution in [-0.4, -0.2) is 53.0 Å². The van der Waals surface area contributed by atoms with Crippen molar-refractivity contribution in [2.75, 3.05) is 13.2 Å². The number of aliphatic hydroxyl groups is 1. The average molecular weight is 483 g/mol. The van der Waals surface area contributed by atoms with Crippen LogP contribution in [-0.2, 0) is 14.3 Å². The quantitative estimate of drug-likeness (QED) is 0.433. The van der Waals surface area contributed by atoms with Gasteiger partial charge in [0.2, 0.25) is 5.91 Å². The summed E-state index contributed by atoms with van der Waals surface area (Å²) in [5, 5.41) is 24.3. The Morgan fingerprint density at radius 1 is 0.971 bits per heavy atom. The molecule has 4 N–H and O–H groups in total. The van der Waals surface area contributed by atoms with E-state index in [0.717, 1.165) is 29.2 Å². The highest BCUT2D eigenvalue weighted by atomic mass is 16.5. The lowest BCUT2D eigenvalue weighted by Gasteiger charge is -2.36. The Bertz CT molecular complexity index is 1060. The molecule has 3 rings (SSSR count). The second-order valence-electron chi connectivity index (χ2n) is 10.2. The number of alkyl carbamates (subject to hydrolysis) is 1. The van der Waals surface area contributed by atoms with Crippen LogP contribution >= 0.6 is 0 Å². The van der Waals surface area contributed by atoms with Gasteiger partial charge in [-0.15, -0.1) is 0 Å². The van der Waals surface area contributed by atoms with Gasteiger partial charge in [0.25, 0.3) is 0 Å². The number of benzene rings is 2. The number of carbonyl (C=O) groups is 3. The van der Waals surface area contributed by atoms with E-state index in [2.05, 4.69) is 22.8 Å². The maximum absolute atomic E-state index is 12.9. The van der Waals surface area contributed by atoms with Crippen molar-refractivity contribution in [2.24, 2.45) is 11.3 Å². The molecule has 0 saturated carbocycles. The lowest BCUT2D eigenvalue weighted by Crippen LogP contribution is -2.57. The number of fused-ring (bicyclic) bond motifs is 3. The Morgan fingerprint density at radius 2 is 1.49 bits per heavy atom. The van der Waals surface area contributed by atoms with E-state index in [1.165, 1.54) is 0 Å². The summed E-state index contributed by atoms with van der Waals surface area (Å²) in [5.41, 5.74) is 1.27. The van der Waals surface area contributed by atoms with Gasteiger partial charge >= 0.3 is 12.1 Å². The summed E-state index contributed by atoms with van der Waals surface area (Å²) < 4.78 is 5.64. The van der Waals surface area contributed by atoms with Gasteiger partial charge in [-0.05, 0) is 48.9 Å². The van der Waals surface area contributed by atoms with E-state index in [1.807, 2.05) is 50.2 Å². The number of hydrogen-bond acceptors (Lipinski definition) is 5. The topological polar surface area (TPSA) is 125 Å². The molecule has 0 bridgehead atoms. The SMILES string of the molecule is CC(C)C(NC(=O)OCC1c2ccccc2-c2ccccc21)C(C)(C)C(=O)NCC(C)(O)C(=O)O. The minimum Gasteiger partial charge on any atom is -0.479 e. The highest BCUT2D eigenvalue weighted by Gasteiger charge is 2.41. The van der Waals surface area contributed by atoms with Gasteiger partial charge in [0.15, 0.2) is 5.60 Å². The van der Waals surface area contributed by atoms with Gasteiger partial charge in [-0.2, -0.15) is 0 Å². The van der Waals surface area contributed by atoms with Crippen LogP contribution in [0.15, 0.2) is 48.5 Å². The molecular weight excluding hydrogens is 448 g/mol. The van der Waals surface area contributed by atoms with Crippen LogP contribution in [0.4, 0.5) is 4.79 Å². The molecule has 8 nitrogen and oxygen atoms in total. The Morgan fingerprint density at radius 3 is 1.97 bits per heavy atom. The normalized spacial score (nSPS) is 15.5. The van der Waals surface area contributed by atoms with Crippen molar-refractivity contribution in [3.8, 4) is 11.1 Å². The first-order chi connectivity index (χ1) is 16.4. The third-order valence-electron chi connectivity index (χ3n) is 6.70. The monoisotopic (exact) mass is 482 g/mol. The van der Waals surface area contributed by atoms with Crippen LogP contribution in [0.3, 0.4) is 0 Å². The van der Waals surface area contributed by atoms with Crippen molar-refractivity contribution in [1.29, 1.82) is 0 Å². The van der Waals surface area contributed by atoms with Crippen molar-refractivity contribution in [3.05, 3.63) is 59.7 Å². The van der Waals surface area contributed by atoms with Crippen LogP contribution in [0.2, 0.25) is 0 Å². The fourth-order valence-corrected chi connectivity index (χ4v) is 4.64. The summed E-state index contributed by atoms with van der Waals surface area (Å²) in [5.74, 6) is -2.14. The summed E-state index contributed by atoms with van der Waals surface area (Å²) in [7, 11) is 0. The molecule has 0 spiro atoms. The van der Waals surface area contributed by atoms with Crippen LogP contribution in [0.1, 0.15) is 51.7 Å². The number of carboxylic acid groups (broad SMARTS) is 1. The lowest BCUT2D eigenvalue weighted by molar-refractivity contribution is -0.156. The van der Waals surface area contributed by atoms with Gasteiger partial charge in [-0.1, -0.05) is 62.4 Å². The van der Waals surface area contributed by atoms with Crippen molar-refractivity contribution in [1.82, 2.24) is 10.6 Å². The molecule has 0 heterocycles. The molecule has 0 aromatic heterocycles. The third kappa shape index (κ3) is 5.48. The molecule has 0 fully saturated rings. The fourth-order valence-electron chi connectivity index (χ4n) is 4.64. The highest BCUT2D eigenvalue weighted by Crippen LogP contribution is 2.44. The van der Waals surface area contributed by atoms with Crippen molar-refractivity contribution in [3.63, 3.8) is 0 Å². The van der Waals surface area contributed by atoms with Gasteiger partial charge < -0.3 is 25.6 Å². The van der Waals surface area contributed by atoms with E-state index in [0.29, 0.717) is 0 Å². The molecule has 0 radical (unpaired) electrons. The molecule has 8 heteroatoms. The predicted octanol–water partition coefficient (Wildman–Crippen LogP) is 3.53. The minimum absolute atomic E-state index is 0.0831. The molecule has 0 aliphatic heterocycles. The first-order valence-electron chi connectivity index (χ1n) is 11.7. The molecule has 2 aromatic rings. The first kappa shape index (κ1) is 26.2. The molecule has 0 saturated heterocycles. The summed E-state index contributed by atoms with van der Waals surface area (Å²) in [4.78, 5) is 36.9. The molecule has 2 unspecified atom stereocenters. The molecule has 188 valence electrons. The zero-order valence-electron chi connectivity index (χ0n) is 20.8. The van der Waals surface area contributed by atoms with E-state index in [9.17, 15) is 19.5 Å². The molecule has 2 amide bonds. The Kier molecular flexibility index (Phi) is 7.55. The van der Waals surface area contributed by atoms with Gasteiger partial charge in [0.1, 0.15) is 6.61 Å². The van der Waals surface area contributed by atoms with Crippen LogP contribution in [0.5, 0.6) is 0 Å². The third-order valence-corrected chi connectivity index (χ3v) is 6.70. The van der Waals surface area contributed by atoms with Crippen molar-refractivity contribution < 1.29 is 29.3 Å². The zero-order valence-corrected chi connectivity index (χ0v) is 20.8. The Hall–Kier alpha value is -3.39. The van der Waals surface area contributed by atoms with Gasteiger partial charge in [-0.25, -0.2) is 9.59 Å². The maximum atomic E-state index is 12.9. The number of carboxylic acids is 1. The van der Waals surface area contributed by atoms with Gasteiger partial charge in [0.05, 0.1) is 12.0 Å². The molecular formula is C27H34N2O6. The number of nitrogens with one attached hydrogen (secondary N) is 2. The summed E-state index contributed by atoms with van der Waals surface area (Å²) in [6, 6.07) is 15.5. The second-order valence-corrected chi connectivity index (χ2v) is 10.2. The van der Waals surface area contributed by atoms with Crippen LogP contribution < -0.4 is 10.6 Å². The van der Waals surface area contributed by atoms with E-state index >= 15 is 0 Å². The van der Waals surface area contributed by atoms with E-state index < -0.39 is 41.6 Å². The van der Waals surface area contributed by atoms with E-state index in [-0.39, 0.29) is 18.4 Å². The molecule has 1 aliphatic carbocycles. The number of rotatable bonds is 9. The zero-order chi connectivity index (χ0) is 26.0. The standard InChI is InChI=1S/C27H34N2O6/c1-16(2)22(26(3,4)23(30)28-15-27(5,34)24(31)32)29-25(33)35-14-21-19-12-8-6-10-17(19)18-11-7-9-13-20(18)21/h6-13,16,21-22,34H,14-15H2,1-5H3,(H,28,30)(H,29,33)(H,31,32). The van der Waals surface area contributed by atoms with Crippen LogP contribution in [0.25, 0.3) is 11.1 Å². The second kappa shape index (κ2) is 10.1. The van der Waals surface area contributed by atoms with Crippen molar-refractivity contribution >= 4 is 18.0 Å². The highest BCUT2D eigenvalue weighted by molar-refractivity contribution is 5.85. The minimum atomic E-state index is -2.10. The number of aliphatic carboxylic acids is 1. The van der Waals surface area contributed by atoms with Gasteiger partial charge in [0, 0.05) is 12.0 Å². The summed E-state index contributed by atoms with van der Waals surface area (Å²) >= 11 is 0. The van der Waals surface area contributed by atoms with Crippen LogP contribution in [0, 0.1) is 11.3 Å². The summed E-state index contributed by atoms with van der Waals surface area (Å²) in [6.07, 6.45) is -0.635. The molecule has 35 heavy (non-hydrogen) atoms. The summed E-state index contributed by atoms with van der Waals surface area (Å²) in [6.45, 7) is 7.86. The Balaban J connectivity index is 1.67. The fraction of sp³-hybridized carbons (Fsp3) is 0.444. The lowest BCUT2D eigenvalue weighted by atomic mass is 9.77. The largest absolute Gasteiger partial charge is 0.479 e. The first-order valence-corrected chi connectivity index (χ1v) is 11.7. The van der Waals surface area contributed by atoms with Gasteiger partial charge in [-0.3, -0.25) is 4.79 Å². The van der Waals surface area contributed by atoms with E-state index in [1.54, 1.807) is 13.8 Å². The number of amides is 2. The predicted molar refractivity (Wildman–Crippen MR) is 132 cm³/mol. The molecule has 2 atom stereocenters. The smallest absolute Gasteiger partial charge is 0.407 e. The van der Waals surface area contributed by atoms with E-state index in [4.69, 9.17) is 9.84 Å². The Labute approximate surface area is 205 Å². The average Bonchev–Trinajstić information content (AvgIpc) is 3.13. The number of hydrogen-bond donors (Lipinski definition) is 4.